The van der Waals surface area contributed by atoms with Gasteiger partial charge in [0, 0.05) is 24.2 Å². The summed E-state index contributed by atoms with van der Waals surface area (Å²) < 4.78 is 13.3. The van der Waals surface area contributed by atoms with Gasteiger partial charge in [-0.15, -0.1) is 12.4 Å². The molecule has 2 aromatic rings. The van der Waals surface area contributed by atoms with Gasteiger partial charge in [0.15, 0.2) is 0 Å². The molecule has 1 heterocycles. The molecule has 0 saturated carbocycles. The van der Waals surface area contributed by atoms with Crippen molar-refractivity contribution in [1.29, 1.82) is 0 Å². The van der Waals surface area contributed by atoms with Crippen molar-refractivity contribution >= 4 is 29.9 Å². The standard InChI is InChI=1S/C23H28FN3O2.ClH/c1-16(19-7-4-10-25-15-19)11-22(28)26-14-17-5-2-9-21(12-17)27-23(29)18-6-3-8-20(24)13-18;/h2-3,5-6,8-9,12-13,16,19,25H,4,7,10-11,14-15H2,1H3,(H,26,28)(H,27,29);1H. The lowest BCUT2D eigenvalue weighted by Crippen LogP contribution is -2.35. The molecule has 1 aliphatic rings. The van der Waals surface area contributed by atoms with Crippen LogP contribution in [0.4, 0.5) is 10.1 Å². The molecule has 1 fully saturated rings. The van der Waals surface area contributed by atoms with Crippen LogP contribution in [-0.4, -0.2) is 24.9 Å². The van der Waals surface area contributed by atoms with E-state index in [0.29, 0.717) is 30.5 Å². The number of carbonyl (C=O) groups is 2. The minimum Gasteiger partial charge on any atom is -0.352 e. The van der Waals surface area contributed by atoms with Crippen molar-refractivity contribution in [2.24, 2.45) is 11.8 Å². The molecule has 2 atom stereocenters. The molecule has 3 rings (SSSR count). The third-order valence-corrected chi connectivity index (χ3v) is 5.41. The monoisotopic (exact) mass is 433 g/mol. The van der Waals surface area contributed by atoms with E-state index < -0.39 is 5.82 Å². The molecule has 5 nitrogen and oxygen atoms in total. The molecule has 0 radical (unpaired) electrons. The molecule has 0 aliphatic carbocycles. The van der Waals surface area contributed by atoms with E-state index in [9.17, 15) is 14.0 Å². The molecule has 162 valence electrons. The maximum Gasteiger partial charge on any atom is 0.255 e. The summed E-state index contributed by atoms with van der Waals surface area (Å²) in [4.78, 5) is 24.6. The number of benzene rings is 2. The fourth-order valence-electron chi connectivity index (χ4n) is 3.69. The van der Waals surface area contributed by atoms with Crippen molar-refractivity contribution in [3.05, 3.63) is 65.5 Å². The van der Waals surface area contributed by atoms with Gasteiger partial charge in [-0.1, -0.05) is 25.1 Å². The van der Waals surface area contributed by atoms with E-state index in [1.807, 2.05) is 18.2 Å². The first-order valence-electron chi connectivity index (χ1n) is 10.1. The predicted octanol–water partition coefficient (Wildman–Crippen LogP) is 4.14. The first-order valence-corrected chi connectivity index (χ1v) is 10.1. The third-order valence-electron chi connectivity index (χ3n) is 5.41. The zero-order chi connectivity index (χ0) is 20.6. The van der Waals surface area contributed by atoms with Gasteiger partial charge in [0.2, 0.25) is 5.91 Å². The Bertz CT molecular complexity index is 856. The topological polar surface area (TPSA) is 70.2 Å². The number of nitrogens with one attached hydrogen (secondary N) is 3. The number of hydrogen-bond donors (Lipinski definition) is 3. The van der Waals surface area contributed by atoms with Crippen LogP contribution in [0.25, 0.3) is 0 Å². The Morgan fingerprint density at radius 3 is 2.73 bits per heavy atom. The summed E-state index contributed by atoms with van der Waals surface area (Å²) in [6.45, 7) is 4.60. The molecule has 1 saturated heterocycles. The highest BCUT2D eigenvalue weighted by molar-refractivity contribution is 6.04. The molecule has 2 unspecified atom stereocenters. The van der Waals surface area contributed by atoms with Crippen molar-refractivity contribution in [2.75, 3.05) is 18.4 Å². The minimum absolute atomic E-state index is 0. The van der Waals surface area contributed by atoms with Gasteiger partial charge < -0.3 is 16.0 Å². The van der Waals surface area contributed by atoms with Gasteiger partial charge >= 0.3 is 0 Å². The van der Waals surface area contributed by atoms with E-state index in [4.69, 9.17) is 0 Å². The lowest BCUT2D eigenvalue weighted by atomic mass is 9.85. The highest BCUT2D eigenvalue weighted by Gasteiger charge is 2.21. The third kappa shape index (κ3) is 7.11. The first-order chi connectivity index (χ1) is 14.0. The number of hydrogen-bond acceptors (Lipinski definition) is 3. The van der Waals surface area contributed by atoms with Crippen LogP contribution < -0.4 is 16.0 Å². The Labute approximate surface area is 183 Å². The van der Waals surface area contributed by atoms with E-state index in [1.165, 1.54) is 31.0 Å². The normalized spacial score (nSPS) is 16.8. The van der Waals surface area contributed by atoms with Crippen molar-refractivity contribution in [3.8, 4) is 0 Å². The second kappa shape index (κ2) is 11.7. The molecular formula is C23H29ClFN3O2. The second-order valence-corrected chi connectivity index (χ2v) is 7.73. The van der Waals surface area contributed by atoms with Crippen LogP contribution in [-0.2, 0) is 11.3 Å². The van der Waals surface area contributed by atoms with Gasteiger partial charge in [-0.3, -0.25) is 9.59 Å². The molecule has 30 heavy (non-hydrogen) atoms. The van der Waals surface area contributed by atoms with Crippen LogP contribution >= 0.6 is 12.4 Å². The SMILES string of the molecule is CC(CC(=O)NCc1cccc(NC(=O)c2cccc(F)c2)c1)C1CCCNC1.Cl. The fraction of sp³-hybridized carbons (Fsp3) is 0.391. The van der Waals surface area contributed by atoms with Crippen molar-refractivity contribution in [1.82, 2.24) is 10.6 Å². The Morgan fingerprint density at radius 1 is 1.20 bits per heavy atom. The number of rotatable bonds is 7. The lowest BCUT2D eigenvalue weighted by Gasteiger charge is -2.28. The van der Waals surface area contributed by atoms with Gasteiger partial charge in [-0.2, -0.15) is 0 Å². The van der Waals surface area contributed by atoms with Crippen LogP contribution in [0.5, 0.6) is 0 Å². The molecule has 0 aromatic heterocycles. The molecule has 2 amide bonds. The van der Waals surface area contributed by atoms with E-state index in [-0.39, 0.29) is 29.8 Å². The summed E-state index contributed by atoms with van der Waals surface area (Å²) in [5.74, 6) is 0.112. The van der Waals surface area contributed by atoms with Gasteiger partial charge in [0.05, 0.1) is 0 Å². The highest BCUT2D eigenvalue weighted by Crippen LogP contribution is 2.22. The maximum absolute atomic E-state index is 13.3. The van der Waals surface area contributed by atoms with Crippen LogP contribution in [0.2, 0.25) is 0 Å². The molecule has 1 aliphatic heterocycles. The Hall–Kier alpha value is -2.44. The Balaban J connectivity index is 0.00000320. The summed E-state index contributed by atoms with van der Waals surface area (Å²) >= 11 is 0. The summed E-state index contributed by atoms with van der Waals surface area (Å²) in [6, 6.07) is 12.8. The summed E-state index contributed by atoms with van der Waals surface area (Å²) in [6.07, 6.45) is 2.86. The lowest BCUT2D eigenvalue weighted by molar-refractivity contribution is -0.122. The molecule has 0 spiro atoms. The molecule has 2 aromatic carbocycles. The van der Waals surface area contributed by atoms with Crippen LogP contribution in [0.1, 0.15) is 42.1 Å². The summed E-state index contributed by atoms with van der Waals surface area (Å²) in [7, 11) is 0. The van der Waals surface area contributed by atoms with Crippen LogP contribution in [0.3, 0.4) is 0 Å². The molecule has 7 heteroatoms. The largest absolute Gasteiger partial charge is 0.352 e. The Morgan fingerprint density at radius 2 is 2.00 bits per heavy atom. The van der Waals surface area contributed by atoms with Gasteiger partial charge in [0.1, 0.15) is 5.82 Å². The van der Waals surface area contributed by atoms with Crippen molar-refractivity contribution in [2.45, 2.75) is 32.7 Å². The van der Waals surface area contributed by atoms with Crippen LogP contribution in [0, 0.1) is 17.7 Å². The summed E-state index contributed by atoms with van der Waals surface area (Å²) in [5, 5.41) is 9.13. The summed E-state index contributed by atoms with van der Waals surface area (Å²) in [5.41, 5.74) is 1.75. The van der Waals surface area contributed by atoms with E-state index in [0.717, 1.165) is 18.7 Å². The number of halogens is 2. The fourth-order valence-corrected chi connectivity index (χ4v) is 3.69. The average Bonchev–Trinajstić information content (AvgIpc) is 2.73. The maximum atomic E-state index is 13.3. The van der Waals surface area contributed by atoms with Gasteiger partial charge in [-0.25, -0.2) is 4.39 Å². The number of carbonyl (C=O) groups excluding carboxylic acids is 2. The van der Waals surface area contributed by atoms with E-state index >= 15 is 0 Å². The molecule has 0 bridgehead atoms. The number of piperidine rings is 1. The minimum atomic E-state index is -0.452. The number of anilines is 1. The molecule has 3 N–H and O–H groups in total. The second-order valence-electron chi connectivity index (χ2n) is 7.73. The first kappa shape index (κ1) is 23.8. The van der Waals surface area contributed by atoms with E-state index in [1.54, 1.807) is 12.1 Å². The predicted molar refractivity (Wildman–Crippen MR) is 119 cm³/mol. The zero-order valence-corrected chi connectivity index (χ0v) is 17.9. The smallest absolute Gasteiger partial charge is 0.255 e. The zero-order valence-electron chi connectivity index (χ0n) is 17.1. The van der Waals surface area contributed by atoms with E-state index in [2.05, 4.69) is 22.9 Å². The van der Waals surface area contributed by atoms with Crippen molar-refractivity contribution < 1.29 is 14.0 Å². The van der Waals surface area contributed by atoms with Gasteiger partial charge in [-0.05, 0) is 73.7 Å². The van der Waals surface area contributed by atoms with Gasteiger partial charge in [0.25, 0.3) is 5.91 Å². The molecular weight excluding hydrogens is 405 g/mol. The van der Waals surface area contributed by atoms with Crippen molar-refractivity contribution in [3.63, 3.8) is 0 Å². The average molecular weight is 434 g/mol. The number of amides is 2. The van der Waals surface area contributed by atoms with Crippen LogP contribution in [0.15, 0.2) is 48.5 Å². The Kier molecular flexibility index (Phi) is 9.27. The quantitative estimate of drug-likeness (QED) is 0.614. The highest BCUT2D eigenvalue weighted by atomic mass is 35.5.